The third-order valence-corrected chi connectivity index (χ3v) is 5.31. The van der Waals surface area contributed by atoms with Crippen LogP contribution in [0.25, 0.3) is 5.57 Å². The predicted octanol–water partition coefficient (Wildman–Crippen LogP) is 5.76. The van der Waals surface area contributed by atoms with Gasteiger partial charge >= 0.3 is 0 Å². The maximum Gasteiger partial charge on any atom is 0.137 e. The van der Waals surface area contributed by atoms with Gasteiger partial charge in [0.2, 0.25) is 0 Å². The third-order valence-electron chi connectivity index (χ3n) is 5.31. The first-order chi connectivity index (χ1) is 13.6. The lowest BCUT2D eigenvalue weighted by Gasteiger charge is -2.20. The zero-order valence-electron chi connectivity index (χ0n) is 18.7. The SMILES string of the molecule is C=C(C)/C=C\C(=C(C)C)c1cc(C)c(=NC2=C(F)CCC(C)=C2C)n(C)c1NN. The van der Waals surface area contributed by atoms with Crippen LogP contribution in [0.2, 0.25) is 0 Å². The number of nitrogen functional groups attached to an aromatic ring is 1. The zero-order valence-corrected chi connectivity index (χ0v) is 18.7. The van der Waals surface area contributed by atoms with E-state index < -0.39 is 0 Å². The van der Waals surface area contributed by atoms with Crippen LogP contribution in [0.5, 0.6) is 0 Å². The molecule has 29 heavy (non-hydrogen) atoms. The van der Waals surface area contributed by atoms with Crippen molar-refractivity contribution in [3.63, 3.8) is 0 Å². The van der Waals surface area contributed by atoms with Crippen LogP contribution < -0.4 is 16.8 Å². The first-order valence-electron chi connectivity index (χ1n) is 9.87. The molecule has 0 spiro atoms. The molecule has 0 unspecified atom stereocenters. The van der Waals surface area contributed by atoms with Crippen molar-refractivity contribution in [2.45, 2.75) is 54.4 Å². The Morgan fingerprint density at radius 2 is 1.86 bits per heavy atom. The zero-order chi connectivity index (χ0) is 21.9. The number of hydrogen-bond donors (Lipinski definition) is 2. The van der Waals surface area contributed by atoms with Gasteiger partial charge in [0.15, 0.2) is 0 Å². The Morgan fingerprint density at radius 3 is 2.41 bits per heavy atom. The molecule has 0 aliphatic heterocycles. The standard InChI is InChI=1S/C24H33FN4/c1-14(2)9-11-19(15(3)4)20-13-17(6)23(29(8)24(20)28-26)27-22-18(7)16(5)10-12-21(22)25/h9,11,13,28H,1,10,12,26H2,2-8H3/b11-9-,27-23?. The number of anilines is 1. The average molecular weight is 397 g/mol. The van der Waals surface area contributed by atoms with Gasteiger partial charge in [0.05, 0.1) is 5.70 Å². The van der Waals surface area contributed by atoms with E-state index in [1.165, 1.54) is 5.57 Å². The fourth-order valence-electron chi connectivity index (χ4n) is 3.45. The van der Waals surface area contributed by atoms with Gasteiger partial charge in [-0.3, -0.25) is 0 Å². The van der Waals surface area contributed by atoms with Gasteiger partial charge < -0.3 is 9.99 Å². The largest absolute Gasteiger partial charge is 0.314 e. The minimum Gasteiger partial charge on any atom is -0.314 e. The quantitative estimate of drug-likeness (QED) is 0.378. The lowest BCUT2D eigenvalue weighted by Crippen LogP contribution is -2.28. The number of aryl methyl sites for hydroxylation is 1. The Kier molecular flexibility index (Phi) is 7.20. The number of rotatable bonds is 5. The molecule has 3 N–H and O–H groups in total. The molecular formula is C24H33FN4. The Bertz CT molecular complexity index is 1030. The highest BCUT2D eigenvalue weighted by Gasteiger charge is 2.18. The van der Waals surface area contributed by atoms with E-state index in [-0.39, 0.29) is 5.83 Å². The second-order valence-electron chi connectivity index (χ2n) is 7.98. The number of nitrogens with zero attached hydrogens (tertiary/aromatic N) is 2. The molecule has 1 aromatic rings. The van der Waals surface area contributed by atoms with Crippen molar-refractivity contribution in [1.29, 1.82) is 0 Å². The highest BCUT2D eigenvalue weighted by atomic mass is 19.1. The molecule has 1 heterocycles. The number of hydrogen-bond acceptors (Lipinski definition) is 3. The summed E-state index contributed by atoms with van der Waals surface area (Å²) in [5.74, 6) is 6.46. The normalized spacial score (nSPS) is 15.4. The fraction of sp³-hybridized carbons (Fsp3) is 0.375. The summed E-state index contributed by atoms with van der Waals surface area (Å²) < 4.78 is 16.5. The molecule has 0 fully saturated rings. The highest BCUT2D eigenvalue weighted by molar-refractivity contribution is 5.82. The van der Waals surface area contributed by atoms with Gasteiger partial charge in [0.25, 0.3) is 0 Å². The van der Waals surface area contributed by atoms with E-state index in [2.05, 4.69) is 25.9 Å². The molecule has 0 amide bonds. The third kappa shape index (κ3) is 4.85. The van der Waals surface area contributed by atoms with E-state index in [0.717, 1.165) is 39.8 Å². The number of pyridine rings is 1. The molecule has 4 nitrogen and oxygen atoms in total. The van der Waals surface area contributed by atoms with Crippen LogP contribution in [0, 0.1) is 6.92 Å². The van der Waals surface area contributed by atoms with E-state index in [9.17, 15) is 4.39 Å². The van der Waals surface area contributed by atoms with Crippen LogP contribution in [0.1, 0.15) is 58.6 Å². The monoisotopic (exact) mass is 396 g/mol. The Morgan fingerprint density at radius 1 is 1.21 bits per heavy atom. The molecule has 156 valence electrons. The summed E-state index contributed by atoms with van der Waals surface area (Å²) in [5.41, 5.74) is 11.1. The summed E-state index contributed by atoms with van der Waals surface area (Å²) in [7, 11) is 1.89. The van der Waals surface area contributed by atoms with Crippen molar-refractivity contribution in [2.24, 2.45) is 17.9 Å². The van der Waals surface area contributed by atoms with Crippen molar-refractivity contribution >= 4 is 11.4 Å². The van der Waals surface area contributed by atoms with Crippen molar-refractivity contribution in [2.75, 3.05) is 5.43 Å². The molecule has 0 aromatic carbocycles. The molecule has 0 saturated carbocycles. The topological polar surface area (TPSA) is 55.3 Å². The van der Waals surface area contributed by atoms with Crippen LogP contribution in [-0.4, -0.2) is 4.57 Å². The van der Waals surface area contributed by atoms with E-state index in [0.29, 0.717) is 23.4 Å². The van der Waals surface area contributed by atoms with Crippen LogP contribution in [0.3, 0.4) is 0 Å². The maximum atomic E-state index is 14.6. The smallest absolute Gasteiger partial charge is 0.137 e. The number of halogens is 1. The van der Waals surface area contributed by atoms with E-state index in [1.807, 2.05) is 57.5 Å². The van der Waals surface area contributed by atoms with Crippen LogP contribution >= 0.6 is 0 Å². The van der Waals surface area contributed by atoms with Gasteiger partial charge in [-0.05, 0) is 70.7 Å². The Balaban J connectivity index is 2.79. The number of hydrazine groups is 1. The summed E-state index contributed by atoms with van der Waals surface area (Å²) in [6.45, 7) is 16.0. The summed E-state index contributed by atoms with van der Waals surface area (Å²) >= 11 is 0. The molecule has 0 saturated heterocycles. The molecule has 0 bridgehead atoms. The molecule has 1 aliphatic rings. The van der Waals surface area contributed by atoms with Crippen molar-refractivity contribution in [1.82, 2.24) is 4.57 Å². The average Bonchev–Trinajstić information content (AvgIpc) is 2.64. The molecule has 5 heteroatoms. The van der Waals surface area contributed by atoms with Crippen LogP contribution in [0.4, 0.5) is 10.2 Å². The molecule has 2 rings (SSSR count). The first kappa shape index (κ1) is 22.6. The van der Waals surface area contributed by atoms with Crippen molar-refractivity contribution in [3.05, 3.63) is 75.2 Å². The molecule has 1 aromatic heterocycles. The van der Waals surface area contributed by atoms with Gasteiger partial charge in [-0.1, -0.05) is 35.5 Å². The summed E-state index contributed by atoms with van der Waals surface area (Å²) in [6, 6.07) is 2.05. The Hall–Kier alpha value is -2.66. The predicted molar refractivity (Wildman–Crippen MR) is 121 cm³/mol. The summed E-state index contributed by atoms with van der Waals surface area (Å²) in [4.78, 5) is 4.72. The van der Waals surface area contributed by atoms with E-state index >= 15 is 0 Å². The van der Waals surface area contributed by atoms with E-state index in [1.54, 1.807) is 0 Å². The van der Waals surface area contributed by atoms with Crippen LogP contribution in [0.15, 0.2) is 63.6 Å². The number of nitrogens with one attached hydrogen (secondary N) is 1. The molecule has 0 radical (unpaired) electrons. The number of allylic oxidation sites excluding steroid dienone is 8. The minimum absolute atomic E-state index is 0.159. The molecule has 1 aliphatic carbocycles. The molecule has 0 atom stereocenters. The van der Waals surface area contributed by atoms with E-state index in [4.69, 9.17) is 10.8 Å². The van der Waals surface area contributed by atoms with Crippen LogP contribution in [-0.2, 0) is 7.05 Å². The second-order valence-corrected chi connectivity index (χ2v) is 7.98. The van der Waals surface area contributed by atoms with Gasteiger partial charge in [-0.15, -0.1) is 0 Å². The summed E-state index contributed by atoms with van der Waals surface area (Å²) in [6.07, 6.45) is 5.17. The van der Waals surface area contributed by atoms with Gasteiger partial charge in [0, 0.05) is 19.0 Å². The number of nitrogens with two attached hydrogens (primary N) is 1. The summed E-state index contributed by atoms with van der Waals surface area (Å²) in [5, 5.41) is 0. The van der Waals surface area contributed by atoms with Crippen molar-refractivity contribution in [3.8, 4) is 0 Å². The highest BCUT2D eigenvalue weighted by Crippen LogP contribution is 2.32. The van der Waals surface area contributed by atoms with Gasteiger partial charge in [-0.25, -0.2) is 15.2 Å². The van der Waals surface area contributed by atoms with Gasteiger partial charge in [0.1, 0.15) is 17.1 Å². The minimum atomic E-state index is -0.159. The van der Waals surface area contributed by atoms with Gasteiger partial charge in [-0.2, -0.15) is 0 Å². The van der Waals surface area contributed by atoms with Crippen molar-refractivity contribution < 1.29 is 4.39 Å². The Labute approximate surface area is 173 Å². The first-order valence-corrected chi connectivity index (χ1v) is 9.87. The maximum absolute atomic E-state index is 14.6. The fourth-order valence-corrected chi connectivity index (χ4v) is 3.45. The lowest BCUT2D eigenvalue weighted by atomic mass is 9.96. The molecular weight excluding hydrogens is 363 g/mol. The lowest BCUT2D eigenvalue weighted by molar-refractivity contribution is 0.563. The second kappa shape index (κ2) is 9.23. The number of aromatic nitrogens is 1.